The van der Waals surface area contributed by atoms with E-state index in [1.54, 1.807) is 30.3 Å². The van der Waals surface area contributed by atoms with Crippen molar-refractivity contribution in [2.45, 2.75) is 6.92 Å². The first-order valence-electron chi connectivity index (χ1n) is 7.91. The maximum atomic E-state index is 13.5. The summed E-state index contributed by atoms with van der Waals surface area (Å²) in [6.45, 7) is 2.05. The number of rotatable bonds is 6. The highest BCUT2D eigenvalue weighted by molar-refractivity contribution is 6.00. The molecule has 2 aromatic rings. The molecule has 8 heteroatoms. The lowest BCUT2D eigenvalue weighted by Crippen LogP contribution is -2.33. The van der Waals surface area contributed by atoms with Gasteiger partial charge in [0.25, 0.3) is 5.91 Å². The summed E-state index contributed by atoms with van der Waals surface area (Å²) in [6.07, 6.45) is 0. The first-order chi connectivity index (χ1) is 12.5. The molecule has 0 spiro atoms. The number of hydrogen-bond acceptors (Lipinski definition) is 3. The lowest BCUT2D eigenvalue weighted by atomic mass is 10.2. The molecule has 0 fully saturated rings. The fourth-order valence-electron chi connectivity index (χ4n) is 2.07. The Labute approximate surface area is 150 Å². The fraction of sp³-hybridized carbons (Fsp3) is 0.167. The molecule has 0 aliphatic rings. The van der Waals surface area contributed by atoms with Crippen LogP contribution in [0.3, 0.4) is 0 Å². The minimum absolute atomic E-state index is 0.0696. The van der Waals surface area contributed by atoms with Crippen LogP contribution in [0, 0.1) is 5.82 Å². The van der Waals surface area contributed by atoms with E-state index in [0.717, 1.165) is 0 Å². The summed E-state index contributed by atoms with van der Waals surface area (Å²) in [5.74, 6) is -0.991. The summed E-state index contributed by atoms with van der Waals surface area (Å²) in [6, 6.07) is 11.4. The van der Waals surface area contributed by atoms with Gasteiger partial charge < -0.3 is 21.3 Å². The van der Waals surface area contributed by atoms with Crippen molar-refractivity contribution in [2.75, 3.05) is 23.7 Å². The third kappa shape index (κ3) is 5.90. The smallest absolute Gasteiger partial charge is 0.323 e. The van der Waals surface area contributed by atoms with E-state index in [1.807, 2.05) is 0 Å². The number of carbonyl (C=O) groups excluding carboxylic acids is 3. The number of nitrogens with one attached hydrogen (secondary N) is 4. The van der Waals surface area contributed by atoms with E-state index in [1.165, 1.54) is 25.1 Å². The molecule has 0 unspecified atom stereocenters. The lowest BCUT2D eigenvalue weighted by molar-refractivity contribution is -0.118. The molecule has 7 nitrogen and oxygen atoms in total. The van der Waals surface area contributed by atoms with Crippen molar-refractivity contribution >= 4 is 29.2 Å². The zero-order valence-corrected chi connectivity index (χ0v) is 14.1. The maximum absolute atomic E-state index is 13.5. The Morgan fingerprint density at radius 3 is 2.19 bits per heavy atom. The largest absolute Gasteiger partial charge is 0.355 e. The standard InChI is InChI=1S/C18H19FN4O3/c1-12(24)20-10-11-21-17(25)13-6-8-14(9-7-13)22-18(26)23-16-5-3-2-4-15(16)19/h2-9H,10-11H2,1H3,(H,20,24)(H,21,25)(H2,22,23,26). The molecular formula is C18H19FN4O3. The van der Waals surface area contributed by atoms with Crippen molar-refractivity contribution in [2.24, 2.45) is 0 Å². The first kappa shape index (κ1) is 18.9. The van der Waals surface area contributed by atoms with Gasteiger partial charge in [-0.2, -0.15) is 0 Å². The molecule has 2 aromatic carbocycles. The molecule has 4 N–H and O–H groups in total. The van der Waals surface area contributed by atoms with E-state index in [-0.39, 0.29) is 17.5 Å². The van der Waals surface area contributed by atoms with Crippen LogP contribution in [-0.4, -0.2) is 30.9 Å². The van der Waals surface area contributed by atoms with Crippen molar-refractivity contribution in [1.82, 2.24) is 10.6 Å². The SMILES string of the molecule is CC(=O)NCCNC(=O)c1ccc(NC(=O)Nc2ccccc2F)cc1. The Kier molecular flexibility index (Phi) is 6.67. The van der Waals surface area contributed by atoms with Gasteiger partial charge in [0.15, 0.2) is 0 Å². The minimum atomic E-state index is -0.595. The number of hydrogen-bond donors (Lipinski definition) is 4. The van der Waals surface area contributed by atoms with Crippen LogP contribution in [0.5, 0.6) is 0 Å². The quantitative estimate of drug-likeness (QED) is 0.597. The fourth-order valence-corrected chi connectivity index (χ4v) is 2.07. The van der Waals surface area contributed by atoms with Gasteiger partial charge in [-0.05, 0) is 36.4 Å². The summed E-state index contributed by atoms with van der Waals surface area (Å²) in [5.41, 5.74) is 0.932. The first-order valence-corrected chi connectivity index (χ1v) is 7.91. The Morgan fingerprint density at radius 1 is 0.885 bits per heavy atom. The van der Waals surface area contributed by atoms with Gasteiger partial charge in [-0.25, -0.2) is 9.18 Å². The Bertz CT molecular complexity index is 793. The molecule has 0 aliphatic carbocycles. The van der Waals surface area contributed by atoms with E-state index >= 15 is 0 Å². The Hall–Kier alpha value is -3.42. The second-order valence-electron chi connectivity index (χ2n) is 5.38. The predicted molar refractivity (Wildman–Crippen MR) is 96.5 cm³/mol. The van der Waals surface area contributed by atoms with Gasteiger partial charge in [0, 0.05) is 31.3 Å². The third-order valence-corrected chi connectivity index (χ3v) is 3.31. The number of urea groups is 1. The van der Waals surface area contributed by atoms with Crippen LogP contribution >= 0.6 is 0 Å². The van der Waals surface area contributed by atoms with Crippen molar-refractivity contribution < 1.29 is 18.8 Å². The van der Waals surface area contributed by atoms with Crippen LogP contribution < -0.4 is 21.3 Å². The molecule has 0 heterocycles. The van der Waals surface area contributed by atoms with Crippen LogP contribution in [0.1, 0.15) is 17.3 Å². The van der Waals surface area contributed by atoms with E-state index in [9.17, 15) is 18.8 Å². The highest BCUT2D eigenvalue weighted by atomic mass is 19.1. The Morgan fingerprint density at radius 2 is 1.54 bits per heavy atom. The van der Waals surface area contributed by atoms with Gasteiger partial charge >= 0.3 is 6.03 Å². The molecule has 0 radical (unpaired) electrons. The summed E-state index contributed by atoms with van der Waals surface area (Å²) in [7, 11) is 0. The normalized spacial score (nSPS) is 9.92. The number of amides is 4. The second kappa shape index (κ2) is 9.16. The van der Waals surface area contributed by atoms with Gasteiger partial charge in [-0.15, -0.1) is 0 Å². The summed E-state index contributed by atoms with van der Waals surface area (Å²) in [4.78, 5) is 34.5. The lowest BCUT2D eigenvalue weighted by Gasteiger charge is -2.09. The summed E-state index contributed by atoms with van der Waals surface area (Å²) in [5, 5.41) is 10.2. The van der Waals surface area contributed by atoms with Crippen molar-refractivity contribution in [1.29, 1.82) is 0 Å². The van der Waals surface area contributed by atoms with Gasteiger partial charge in [0.05, 0.1) is 5.69 Å². The minimum Gasteiger partial charge on any atom is -0.355 e. The number of anilines is 2. The van der Waals surface area contributed by atoms with Crippen molar-refractivity contribution in [3.05, 3.63) is 59.9 Å². The van der Waals surface area contributed by atoms with E-state index in [0.29, 0.717) is 24.3 Å². The van der Waals surface area contributed by atoms with Gasteiger partial charge in [-0.1, -0.05) is 12.1 Å². The monoisotopic (exact) mass is 358 g/mol. The third-order valence-electron chi connectivity index (χ3n) is 3.31. The Balaban J connectivity index is 1.84. The summed E-state index contributed by atoms with van der Waals surface area (Å²) >= 11 is 0. The zero-order valence-electron chi connectivity index (χ0n) is 14.1. The molecule has 2 rings (SSSR count). The van der Waals surface area contributed by atoms with Crippen LogP contribution in [0.15, 0.2) is 48.5 Å². The number of benzene rings is 2. The average molecular weight is 358 g/mol. The van der Waals surface area contributed by atoms with Crippen molar-refractivity contribution in [3.8, 4) is 0 Å². The van der Waals surface area contributed by atoms with Crippen LogP contribution in [0.25, 0.3) is 0 Å². The molecule has 4 amide bonds. The highest BCUT2D eigenvalue weighted by Gasteiger charge is 2.08. The highest BCUT2D eigenvalue weighted by Crippen LogP contribution is 2.14. The molecule has 0 atom stereocenters. The molecule has 26 heavy (non-hydrogen) atoms. The van der Waals surface area contributed by atoms with Gasteiger partial charge in [-0.3, -0.25) is 9.59 Å². The second-order valence-corrected chi connectivity index (χ2v) is 5.38. The topological polar surface area (TPSA) is 99.3 Å². The predicted octanol–water partition coefficient (Wildman–Crippen LogP) is 2.34. The van der Waals surface area contributed by atoms with E-state index < -0.39 is 11.8 Å². The molecule has 0 aromatic heterocycles. The maximum Gasteiger partial charge on any atom is 0.323 e. The van der Waals surface area contributed by atoms with Crippen molar-refractivity contribution in [3.63, 3.8) is 0 Å². The number of para-hydroxylation sites is 1. The summed E-state index contributed by atoms with van der Waals surface area (Å²) < 4.78 is 13.5. The van der Waals surface area contributed by atoms with Crippen LogP contribution in [0.4, 0.5) is 20.6 Å². The van der Waals surface area contributed by atoms with Gasteiger partial charge in [0.2, 0.25) is 5.91 Å². The van der Waals surface area contributed by atoms with Crippen LogP contribution in [-0.2, 0) is 4.79 Å². The number of carbonyl (C=O) groups is 3. The average Bonchev–Trinajstić information content (AvgIpc) is 2.61. The molecule has 0 saturated carbocycles. The van der Waals surface area contributed by atoms with Crippen LogP contribution in [0.2, 0.25) is 0 Å². The van der Waals surface area contributed by atoms with Gasteiger partial charge in [0.1, 0.15) is 5.82 Å². The molecule has 136 valence electrons. The molecule has 0 aliphatic heterocycles. The number of halogens is 1. The van der Waals surface area contributed by atoms with E-state index in [4.69, 9.17) is 0 Å². The zero-order chi connectivity index (χ0) is 18.9. The molecule has 0 bridgehead atoms. The molecular weight excluding hydrogens is 339 g/mol. The van der Waals surface area contributed by atoms with E-state index in [2.05, 4.69) is 21.3 Å². The molecule has 0 saturated heterocycles.